The predicted molar refractivity (Wildman–Crippen MR) is 154 cm³/mol. The number of anilines is 3. The van der Waals surface area contributed by atoms with Crippen molar-refractivity contribution >= 4 is 29.3 Å². The van der Waals surface area contributed by atoms with Crippen LogP contribution in [0.2, 0.25) is 0 Å². The Morgan fingerprint density at radius 3 is 2.35 bits per heavy atom. The summed E-state index contributed by atoms with van der Waals surface area (Å²) in [5, 5.41) is 10.5. The molecule has 212 valence electrons. The minimum absolute atomic E-state index is 0.0835. The third-order valence-corrected chi connectivity index (χ3v) is 10.1. The summed E-state index contributed by atoms with van der Waals surface area (Å²) in [6, 6.07) is 8.37. The third-order valence-electron chi connectivity index (χ3n) is 10.1. The molecule has 5 saturated carbocycles. The van der Waals surface area contributed by atoms with Gasteiger partial charge in [-0.3, -0.25) is 9.59 Å². The van der Waals surface area contributed by atoms with Crippen molar-refractivity contribution in [3.8, 4) is 0 Å². The van der Waals surface area contributed by atoms with E-state index in [1.54, 1.807) is 0 Å². The lowest BCUT2D eigenvalue weighted by Gasteiger charge is -2.59. The van der Waals surface area contributed by atoms with Crippen LogP contribution in [-0.4, -0.2) is 76.9 Å². The molecule has 1 aromatic heterocycles. The lowest BCUT2D eigenvalue weighted by molar-refractivity contribution is -0.147. The van der Waals surface area contributed by atoms with Crippen LogP contribution in [0.4, 0.5) is 17.5 Å². The summed E-state index contributed by atoms with van der Waals surface area (Å²) in [5.74, 6) is 3.51. The van der Waals surface area contributed by atoms with Gasteiger partial charge in [0.05, 0.1) is 5.41 Å². The van der Waals surface area contributed by atoms with Crippen molar-refractivity contribution in [2.75, 3.05) is 43.9 Å². The van der Waals surface area contributed by atoms with E-state index in [1.807, 2.05) is 42.3 Å². The topological polar surface area (TPSA) is 102 Å². The number of likely N-dealkylation sites (N-methyl/N-ethyl adjacent to an activating group) is 1. The molecule has 2 heterocycles. The first kappa shape index (κ1) is 25.7. The molecule has 0 spiro atoms. The van der Waals surface area contributed by atoms with Crippen LogP contribution in [0.15, 0.2) is 30.5 Å². The molecule has 0 radical (unpaired) electrons. The molecular formula is C31H41N7O2. The highest BCUT2D eigenvalue weighted by atomic mass is 16.2. The number of rotatable bonds is 7. The highest BCUT2D eigenvalue weighted by Crippen LogP contribution is 2.60. The molecule has 40 heavy (non-hydrogen) atoms. The van der Waals surface area contributed by atoms with Gasteiger partial charge in [-0.2, -0.15) is 4.98 Å². The van der Waals surface area contributed by atoms with Crippen LogP contribution in [0.1, 0.15) is 60.9 Å². The zero-order chi connectivity index (χ0) is 27.4. The Bertz CT molecular complexity index is 1270. The van der Waals surface area contributed by atoms with Crippen LogP contribution < -0.4 is 16.0 Å². The Balaban J connectivity index is 1.01. The first-order valence-electron chi connectivity index (χ1n) is 15.1. The molecule has 3 N–H and O–H groups in total. The summed E-state index contributed by atoms with van der Waals surface area (Å²) in [6.07, 6.45) is 9.63. The number of piperazine rings is 1. The number of hydrogen-bond acceptors (Lipinski definition) is 7. The van der Waals surface area contributed by atoms with E-state index in [9.17, 15) is 9.59 Å². The zero-order valence-corrected chi connectivity index (χ0v) is 23.7. The monoisotopic (exact) mass is 543 g/mol. The lowest BCUT2D eigenvalue weighted by atomic mass is 9.47. The van der Waals surface area contributed by atoms with Crippen LogP contribution in [0.25, 0.3) is 0 Å². The Morgan fingerprint density at radius 2 is 1.68 bits per heavy atom. The standard InChI is InChI=1S/C31H41N7O2/c1-19-18-32-30(34-25-5-3-21(4-6-25)28(39)38-11-9-37(2)10-12-38)36-27(19)35-26-22-13-20-14-23(26)17-31(15-20,16-22)29(40)33-24-7-8-24/h3-6,18,20,22-24,26H,7-17H2,1-2H3,(H,33,40)(H2,32,34,35,36)/t20?,22?,23?,26-,31+. The number of hydrogen-bond donors (Lipinski definition) is 3. The third kappa shape index (κ3) is 4.93. The summed E-state index contributed by atoms with van der Waals surface area (Å²) >= 11 is 0. The Morgan fingerprint density at radius 1 is 0.975 bits per heavy atom. The largest absolute Gasteiger partial charge is 0.366 e. The highest BCUT2D eigenvalue weighted by Gasteiger charge is 2.58. The van der Waals surface area contributed by atoms with Crippen LogP contribution in [0.3, 0.4) is 0 Å². The van der Waals surface area contributed by atoms with E-state index in [0.717, 1.165) is 75.4 Å². The smallest absolute Gasteiger partial charge is 0.253 e. The second-order valence-electron chi connectivity index (χ2n) is 13.2. The average Bonchev–Trinajstić information content (AvgIpc) is 3.76. The number of aryl methyl sites for hydroxylation is 1. The van der Waals surface area contributed by atoms with Crippen LogP contribution in [0, 0.1) is 30.1 Å². The number of carbonyl (C=O) groups is 2. The molecular weight excluding hydrogens is 502 g/mol. The number of amides is 2. The molecule has 4 bridgehead atoms. The predicted octanol–water partition coefficient (Wildman–Crippen LogP) is 3.80. The maximum Gasteiger partial charge on any atom is 0.253 e. The second kappa shape index (κ2) is 10.0. The fraction of sp³-hybridized carbons (Fsp3) is 0.613. The van der Waals surface area contributed by atoms with E-state index in [-0.39, 0.29) is 11.3 Å². The molecule has 5 aliphatic carbocycles. The van der Waals surface area contributed by atoms with Crippen molar-refractivity contribution in [2.45, 2.75) is 64.0 Å². The zero-order valence-electron chi connectivity index (χ0n) is 23.7. The van der Waals surface area contributed by atoms with E-state index in [1.165, 1.54) is 12.8 Å². The molecule has 1 saturated heterocycles. The number of carbonyl (C=O) groups excluding carboxylic acids is 2. The van der Waals surface area contributed by atoms with Gasteiger partial charge >= 0.3 is 0 Å². The van der Waals surface area contributed by atoms with Crippen molar-refractivity contribution < 1.29 is 9.59 Å². The van der Waals surface area contributed by atoms with Gasteiger partial charge in [-0.05, 0) is 101 Å². The minimum Gasteiger partial charge on any atom is -0.366 e. The quantitative estimate of drug-likeness (QED) is 0.488. The molecule has 1 aromatic carbocycles. The summed E-state index contributed by atoms with van der Waals surface area (Å²) in [7, 11) is 2.09. The van der Waals surface area contributed by atoms with Gasteiger partial charge in [-0.1, -0.05) is 0 Å². The minimum atomic E-state index is -0.150. The molecule has 1 aliphatic heterocycles. The van der Waals surface area contributed by atoms with Crippen molar-refractivity contribution in [3.63, 3.8) is 0 Å². The van der Waals surface area contributed by atoms with Gasteiger partial charge in [-0.15, -0.1) is 0 Å². The molecule has 2 unspecified atom stereocenters. The molecule has 9 heteroatoms. The maximum atomic E-state index is 13.3. The van der Waals surface area contributed by atoms with Gasteiger partial charge in [0.1, 0.15) is 5.82 Å². The highest BCUT2D eigenvalue weighted by molar-refractivity contribution is 5.94. The summed E-state index contributed by atoms with van der Waals surface area (Å²) in [4.78, 5) is 39.7. The number of nitrogens with one attached hydrogen (secondary N) is 3. The maximum absolute atomic E-state index is 13.3. The first-order chi connectivity index (χ1) is 19.3. The van der Waals surface area contributed by atoms with E-state index < -0.39 is 0 Å². The summed E-state index contributed by atoms with van der Waals surface area (Å²) in [6.45, 7) is 5.39. The van der Waals surface area contributed by atoms with Crippen molar-refractivity contribution in [1.29, 1.82) is 0 Å². The van der Waals surface area contributed by atoms with Gasteiger partial charge < -0.3 is 25.8 Å². The molecule has 8 rings (SSSR count). The fourth-order valence-electron chi connectivity index (χ4n) is 7.93. The molecule has 2 atom stereocenters. The Hall–Kier alpha value is -3.20. The molecule has 9 nitrogen and oxygen atoms in total. The van der Waals surface area contributed by atoms with E-state index in [2.05, 4.69) is 32.9 Å². The van der Waals surface area contributed by atoms with Crippen LogP contribution in [0.5, 0.6) is 0 Å². The normalized spacial score (nSPS) is 31.2. The Labute approximate surface area is 236 Å². The SMILES string of the molecule is Cc1cnc(Nc2ccc(C(=O)N3CCN(C)CC3)cc2)nc1N[C@H]1C2CC3CC1C[C@@](C(=O)NC1CC1)(C3)C2. The van der Waals surface area contributed by atoms with Crippen LogP contribution in [-0.2, 0) is 4.79 Å². The van der Waals surface area contributed by atoms with E-state index in [4.69, 9.17) is 4.98 Å². The van der Waals surface area contributed by atoms with Gasteiger partial charge in [0.15, 0.2) is 0 Å². The Kier molecular flexibility index (Phi) is 6.45. The van der Waals surface area contributed by atoms with Crippen molar-refractivity contribution in [3.05, 3.63) is 41.6 Å². The number of benzene rings is 1. The van der Waals surface area contributed by atoms with E-state index in [0.29, 0.717) is 47.3 Å². The average molecular weight is 544 g/mol. The van der Waals surface area contributed by atoms with Crippen molar-refractivity contribution in [2.24, 2.45) is 23.2 Å². The number of nitrogens with zero attached hydrogens (tertiary/aromatic N) is 4. The van der Waals surface area contributed by atoms with Crippen molar-refractivity contribution in [1.82, 2.24) is 25.1 Å². The van der Waals surface area contributed by atoms with E-state index >= 15 is 0 Å². The van der Waals surface area contributed by atoms with Gasteiger partial charge in [0.2, 0.25) is 11.9 Å². The molecule has 6 fully saturated rings. The fourth-order valence-corrected chi connectivity index (χ4v) is 7.93. The molecule has 2 aromatic rings. The van der Waals surface area contributed by atoms with Crippen LogP contribution >= 0.6 is 0 Å². The first-order valence-corrected chi connectivity index (χ1v) is 15.1. The lowest BCUT2D eigenvalue weighted by Crippen LogP contribution is -2.60. The van der Waals surface area contributed by atoms with Gasteiger partial charge in [-0.25, -0.2) is 4.98 Å². The van der Waals surface area contributed by atoms with Gasteiger partial charge in [0.25, 0.3) is 5.91 Å². The van der Waals surface area contributed by atoms with Gasteiger partial charge in [0, 0.05) is 61.3 Å². The summed E-state index contributed by atoms with van der Waals surface area (Å²) < 4.78 is 0. The molecule has 2 amide bonds. The molecule has 6 aliphatic rings. The second-order valence-corrected chi connectivity index (χ2v) is 13.2. The summed E-state index contributed by atoms with van der Waals surface area (Å²) in [5.41, 5.74) is 2.42. The number of aromatic nitrogens is 2.